The number of hydrogen-bond acceptors (Lipinski definition) is 8. The van der Waals surface area contributed by atoms with E-state index < -0.39 is 6.10 Å². The number of fused-ring (bicyclic) bond motifs is 3. The van der Waals surface area contributed by atoms with Crippen LogP contribution < -0.4 is 10.4 Å². The summed E-state index contributed by atoms with van der Waals surface area (Å²) in [6.07, 6.45) is 2.49. The zero-order valence-electron chi connectivity index (χ0n) is 19.5. The SMILES string of the molecule is COc1ccc(Cn2c(=O)n3ncnc3c3cc(C(O)CN4CC(C)O[C@@H](C)C4)cnc32)cc1. The van der Waals surface area contributed by atoms with Gasteiger partial charge in [0.05, 0.1) is 37.4 Å². The van der Waals surface area contributed by atoms with Gasteiger partial charge in [-0.3, -0.25) is 9.47 Å². The lowest BCUT2D eigenvalue weighted by Gasteiger charge is -2.36. The molecule has 5 rings (SSSR count). The molecule has 4 aromatic rings. The molecular formula is C24H28N6O4. The van der Waals surface area contributed by atoms with Gasteiger partial charge in [-0.2, -0.15) is 9.61 Å². The van der Waals surface area contributed by atoms with Gasteiger partial charge in [-0.25, -0.2) is 14.8 Å². The summed E-state index contributed by atoms with van der Waals surface area (Å²) < 4.78 is 13.9. The molecule has 34 heavy (non-hydrogen) atoms. The third-order valence-electron chi connectivity index (χ3n) is 6.16. The molecular weight excluding hydrogens is 436 g/mol. The number of morpholine rings is 1. The molecule has 1 fully saturated rings. The first-order valence-electron chi connectivity index (χ1n) is 11.3. The highest BCUT2D eigenvalue weighted by Crippen LogP contribution is 2.23. The molecule has 10 nitrogen and oxygen atoms in total. The number of aliphatic hydroxyl groups excluding tert-OH is 1. The van der Waals surface area contributed by atoms with Crippen LogP contribution in [0.5, 0.6) is 5.75 Å². The monoisotopic (exact) mass is 464 g/mol. The first kappa shape index (κ1) is 22.5. The average Bonchev–Trinajstić information content (AvgIpc) is 3.32. The number of pyridine rings is 1. The van der Waals surface area contributed by atoms with Crippen LogP contribution in [0.3, 0.4) is 0 Å². The van der Waals surface area contributed by atoms with E-state index in [1.54, 1.807) is 17.9 Å². The maximum Gasteiger partial charge on any atom is 0.352 e. The Morgan fingerprint density at radius 2 is 1.88 bits per heavy atom. The summed E-state index contributed by atoms with van der Waals surface area (Å²) >= 11 is 0. The Labute approximate surface area is 196 Å². The topological polar surface area (TPSA) is 107 Å². The van der Waals surface area contributed by atoms with E-state index in [-0.39, 0.29) is 17.9 Å². The van der Waals surface area contributed by atoms with Crippen LogP contribution in [-0.2, 0) is 11.3 Å². The first-order valence-corrected chi connectivity index (χ1v) is 11.3. The van der Waals surface area contributed by atoms with Gasteiger partial charge in [-0.15, -0.1) is 0 Å². The van der Waals surface area contributed by atoms with Gasteiger partial charge < -0.3 is 14.6 Å². The zero-order chi connectivity index (χ0) is 23.8. The number of hydrogen-bond donors (Lipinski definition) is 1. The second-order valence-corrected chi connectivity index (χ2v) is 8.84. The molecule has 4 heterocycles. The summed E-state index contributed by atoms with van der Waals surface area (Å²) in [5, 5.41) is 15.8. The molecule has 0 bridgehead atoms. The zero-order valence-corrected chi connectivity index (χ0v) is 19.5. The largest absolute Gasteiger partial charge is 0.497 e. The molecule has 1 aromatic carbocycles. The van der Waals surface area contributed by atoms with Crippen molar-refractivity contribution in [2.24, 2.45) is 0 Å². The number of benzene rings is 1. The van der Waals surface area contributed by atoms with E-state index >= 15 is 0 Å². The fourth-order valence-corrected chi connectivity index (χ4v) is 4.65. The van der Waals surface area contributed by atoms with Crippen LogP contribution in [0.1, 0.15) is 31.1 Å². The van der Waals surface area contributed by atoms with Crippen molar-refractivity contribution in [3.8, 4) is 5.75 Å². The maximum absolute atomic E-state index is 13.2. The molecule has 178 valence electrons. The Morgan fingerprint density at radius 1 is 1.15 bits per heavy atom. The Bertz CT molecular complexity index is 1360. The lowest BCUT2D eigenvalue weighted by Crippen LogP contribution is -2.46. The van der Waals surface area contributed by atoms with Crippen molar-refractivity contribution < 1.29 is 14.6 Å². The van der Waals surface area contributed by atoms with Gasteiger partial charge >= 0.3 is 5.69 Å². The number of rotatable bonds is 6. The van der Waals surface area contributed by atoms with Crippen molar-refractivity contribution in [1.29, 1.82) is 0 Å². The minimum absolute atomic E-state index is 0.119. The third-order valence-corrected chi connectivity index (χ3v) is 6.16. The van der Waals surface area contributed by atoms with Crippen LogP contribution in [-0.4, -0.2) is 73.1 Å². The Balaban J connectivity index is 1.51. The molecule has 10 heteroatoms. The van der Waals surface area contributed by atoms with Gasteiger partial charge in [-0.1, -0.05) is 12.1 Å². The number of nitrogens with zero attached hydrogens (tertiary/aromatic N) is 6. The normalized spacial score (nSPS) is 20.1. The molecule has 0 spiro atoms. The van der Waals surface area contributed by atoms with Crippen LogP contribution in [0, 0.1) is 0 Å². The molecule has 1 aliphatic heterocycles. The number of methoxy groups -OCH3 is 1. The van der Waals surface area contributed by atoms with E-state index in [4.69, 9.17) is 9.47 Å². The second-order valence-electron chi connectivity index (χ2n) is 8.84. The van der Waals surface area contributed by atoms with Gasteiger partial charge in [0.15, 0.2) is 5.65 Å². The predicted molar refractivity (Wildman–Crippen MR) is 126 cm³/mol. The van der Waals surface area contributed by atoms with E-state index in [0.717, 1.165) is 24.4 Å². The molecule has 3 atom stereocenters. The van der Waals surface area contributed by atoms with Crippen LogP contribution in [0.15, 0.2) is 47.7 Å². The van der Waals surface area contributed by atoms with Crippen molar-refractivity contribution in [3.05, 3.63) is 64.5 Å². The lowest BCUT2D eigenvalue weighted by atomic mass is 10.1. The summed E-state index contributed by atoms with van der Waals surface area (Å²) in [5.74, 6) is 0.744. The van der Waals surface area contributed by atoms with Crippen molar-refractivity contribution in [2.75, 3.05) is 26.7 Å². The van der Waals surface area contributed by atoms with E-state index in [1.165, 1.54) is 10.8 Å². The molecule has 0 radical (unpaired) electrons. The first-order chi connectivity index (χ1) is 16.4. The fourth-order valence-electron chi connectivity index (χ4n) is 4.65. The van der Waals surface area contributed by atoms with Gasteiger partial charge in [-0.05, 0) is 37.6 Å². The van der Waals surface area contributed by atoms with Gasteiger partial charge in [0.2, 0.25) is 0 Å². The van der Waals surface area contributed by atoms with E-state index in [2.05, 4.69) is 20.0 Å². The minimum atomic E-state index is -0.737. The van der Waals surface area contributed by atoms with Crippen molar-refractivity contribution >= 4 is 16.7 Å². The number of ether oxygens (including phenoxy) is 2. The summed E-state index contributed by atoms with van der Waals surface area (Å²) in [7, 11) is 1.61. The van der Waals surface area contributed by atoms with Crippen molar-refractivity contribution in [1.82, 2.24) is 29.0 Å². The summed E-state index contributed by atoms with van der Waals surface area (Å²) in [4.78, 5) is 24.3. The Kier molecular flexibility index (Phi) is 6.03. The molecule has 2 unspecified atom stereocenters. The van der Waals surface area contributed by atoms with E-state index in [9.17, 15) is 9.90 Å². The number of aliphatic hydroxyl groups is 1. The van der Waals surface area contributed by atoms with Crippen LogP contribution in [0.4, 0.5) is 0 Å². The molecule has 1 aliphatic rings. The third kappa shape index (κ3) is 4.27. The van der Waals surface area contributed by atoms with Crippen LogP contribution in [0.25, 0.3) is 16.7 Å². The highest BCUT2D eigenvalue weighted by atomic mass is 16.5. The van der Waals surface area contributed by atoms with Gasteiger partial charge in [0.1, 0.15) is 17.7 Å². The second kappa shape index (κ2) is 9.13. The summed E-state index contributed by atoms with van der Waals surface area (Å²) in [5.41, 5.74) is 2.17. The average molecular weight is 465 g/mol. The molecule has 1 N–H and O–H groups in total. The van der Waals surface area contributed by atoms with E-state index in [1.807, 2.05) is 44.2 Å². The number of β-amino-alcohol motifs (C(OH)–C–C–N with tert-alkyl or cyclic N) is 1. The quantitative estimate of drug-likeness (QED) is 0.459. The van der Waals surface area contributed by atoms with Gasteiger partial charge in [0, 0.05) is 31.4 Å². The van der Waals surface area contributed by atoms with Crippen molar-refractivity contribution in [3.63, 3.8) is 0 Å². The highest BCUT2D eigenvalue weighted by molar-refractivity contribution is 5.89. The Hall–Kier alpha value is -3.34. The van der Waals surface area contributed by atoms with Crippen LogP contribution >= 0.6 is 0 Å². The highest BCUT2D eigenvalue weighted by Gasteiger charge is 2.25. The van der Waals surface area contributed by atoms with Crippen molar-refractivity contribution in [2.45, 2.75) is 38.7 Å². The molecule has 0 amide bonds. The maximum atomic E-state index is 13.2. The van der Waals surface area contributed by atoms with E-state index in [0.29, 0.717) is 35.3 Å². The number of aromatic nitrogens is 5. The molecule has 1 saturated heterocycles. The summed E-state index contributed by atoms with van der Waals surface area (Å²) in [6.45, 7) is 6.39. The smallest absolute Gasteiger partial charge is 0.352 e. The van der Waals surface area contributed by atoms with Gasteiger partial charge in [0.25, 0.3) is 0 Å². The lowest BCUT2D eigenvalue weighted by molar-refractivity contribution is -0.0767. The Morgan fingerprint density at radius 3 is 2.59 bits per heavy atom. The molecule has 0 saturated carbocycles. The minimum Gasteiger partial charge on any atom is -0.497 e. The molecule has 0 aliphatic carbocycles. The fraction of sp³-hybridized carbons (Fsp3) is 0.417. The standard InChI is InChI=1S/C24H28N6O4/c1-15-10-28(11-16(2)34-15)13-21(31)18-8-20-22(25-9-18)29(24(32)30-23(20)26-14-27-30)12-17-4-6-19(33-3)7-5-17/h4-9,14-16,21,31H,10-13H2,1-3H3/t15-,16?,21?/m0/s1. The summed E-state index contributed by atoms with van der Waals surface area (Å²) in [6, 6.07) is 9.38. The molecule has 3 aromatic heterocycles. The van der Waals surface area contributed by atoms with Crippen LogP contribution in [0.2, 0.25) is 0 Å². The predicted octanol–water partition coefficient (Wildman–Crippen LogP) is 1.64.